The van der Waals surface area contributed by atoms with E-state index >= 15 is 0 Å². The van der Waals surface area contributed by atoms with Crippen molar-refractivity contribution in [2.24, 2.45) is 5.92 Å². The highest BCUT2D eigenvalue weighted by Crippen LogP contribution is 2.42. The van der Waals surface area contributed by atoms with Gasteiger partial charge < -0.3 is 24.3 Å². The van der Waals surface area contributed by atoms with Gasteiger partial charge in [-0.3, -0.25) is 19.5 Å². The van der Waals surface area contributed by atoms with Crippen molar-refractivity contribution >= 4 is 51.9 Å². The highest BCUT2D eigenvalue weighted by atomic mass is 31.0. The molecule has 3 aromatic rings. The minimum Gasteiger partial charge on any atom is -0.457 e. The number of fused-ring (bicyclic) bond motifs is 5. The summed E-state index contributed by atoms with van der Waals surface area (Å²) in [5.41, 5.74) is 2.24. The Balaban J connectivity index is 1.36. The van der Waals surface area contributed by atoms with Gasteiger partial charge in [0, 0.05) is 29.0 Å². The van der Waals surface area contributed by atoms with E-state index in [0.717, 1.165) is 28.5 Å². The monoisotopic (exact) mass is 671 g/mol. The summed E-state index contributed by atoms with van der Waals surface area (Å²) in [5.74, 6) is -4.07. The molecule has 250 valence electrons. The molecular formula is C34H39BN5O7P. The van der Waals surface area contributed by atoms with Crippen LogP contribution in [0.4, 0.5) is 0 Å². The first kappa shape index (κ1) is 33.8. The summed E-state index contributed by atoms with van der Waals surface area (Å²) in [4.78, 5) is 74.3. The van der Waals surface area contributed by atoms with Gasteiger partial charge in [-0.25, -0.2) is 14.6 Å². The number of benzene rings is 1. The van der Waals surface area contributed by atoms with Crippen LogP contribution in [0.3, 0.4) is 0 Å². The number of nitrogens with zero attached hydrogens (tertiary/aromatic N) is 3. The molecule has 2 radical (unpaired) electrons. The van der Waals surface area contributed by atoms with Gasteiger partial charge in [-0.2, -0.15) is 0 Å². The van der Waals surface area contributed by atoms with Gasteiger partial charge in [-0.1, -0.05) is 55.3 Å². The first-order valence-corrected chi connectivity index (χ1v) is 17.0. The lowest BCUT2D eigenvalue weighted by Gasteiger charge is -2.37. The third-order valence-electron chi connectivity index (χ3n) is 9.81. The van der Waals surface area contributed by atoms with E-state index in [2.05, 4.69) is 26.7 Å². The van der Waals surface area contributed by atoms with Crippen molar-refractivity contribution in [3.63, 3.8) is 0 Å². The second-order valence-electron chi connectivity index (χ2n) is 12.8. The molecular weight excluding hydrogens is 632 g/mol. The Bertz CT molecular complexity index is 1900. The van der Waals surface area contributed by atoms with Gasteiger partial charge in [-0.15, -0.1) is 0 Å². The molecule has 5 heterocycles. The Kier molecular flexibility index (Phi) is 9.21. The highest BCUT2D eigenvalue weighted by molar-refractivity contribution is 7.14. The number of amides is 2. The number of pyridine rings is 2. The summed E-state index contributed by atoms with van der Waals surface area (Å²) < 4.78 is 13.2. The van der Waals surface area contributed by atoms with Crippen LogP contribution in [0.2, 0.25) is 0 Å². The Morgan fingerprint density at radius 2 is 1.94 bits per heavy atom. The van der Waals surface area contributed by atoms with E-state index in [0.29, 0.717) is 37.3 Å². The Labute approximate surface area is 282 Å². The van der Waals surface area contributed by atoms with Crippen molar-refractivity contribution in [2.75, 3.05) is 6.54 Å². The third kappa shape index (κ3) is 5.41. The normalized spacial score (nSPS) is 20.9. The van der Waals surface area contributed by atoms with Crippen molar-refractivity contribution in [1.29, 1.82) is 0 Å². The van der Waals surface area contributed by atoms with Crippen molar-refractivity contribution in [3.8, 4) is 11.4 Å². The number of nitrogens with one attached hydrogen (secondary N) is 2. The topological polar surface area (TPSA) is 149 Å². The van der Waals surface area contributed by atoms with E-state index in [9.17, 15) is 24.0 Å². The Morgan fingerprint density at radius 3 is 2.62 bits per heavy atom. The zero-order chi connectivity index (χ0) is 34.5. The number of hydrogen-bond acceptors (Lipinski definition) is 9. The molecule has 5 unspecified atom stereocenters. The predicted molar refractivity (Wildman–Crippen MR) is 182 cm³/mol. The molecule has 2 aromatic heterocycles. The van der Waals surface area contributed by atoms with Gasteiger partial charge in [0.1, 0.15) is 26.5 Å². The van der Waals surface area contributed by atoms with Crippen molar-refractivity contribution in [3.05, 3.63) is 62.9 Å². The first-order valence-electron chi connectivity index (χ1n) is 16.4. The Morgan fingerprint density at radius 1 is 1.19 bits per heavy atom. The minimum absolute atomic E-state index is 0.0186. The van der Waals surface area contributed by atoms with Crippen molar-refractivity contribution < 1.29 is 28.7 Å². The molecule has 1 saturated heterocycles. The molecule has 0 bridgehead atoms. The molecule has 3 aliphatic rings. The van der Waals surface area contributed by atoms with Crippen LogP contribution in [0.15, 0.2) is 35.1 Å². The van der Waals surface area contributed by atoms with E-state index in [-0.39, 0.29) is 29.7 Å². The molecule has 3 aliphatic heterocycles. The zero-order valence-corrected chi connectivity index (χ0v) is 28.7. The standard InChI is InChI=1S/C34H39BN5O7P/c1-5-18-19-10-7-8-11-23(19)36-27-20(18)15-40-25(27)14-22-21(30(40)42)16-46-33(45)34(22,6-2)47-32(44)26(17(3)4)37-29(41)24-12-9-13-39(24)31(43)28(35)38-48/h7-8,10-11,14,17,24,26,28,38H,5-6,9,12-13,15-16,48H2,1-4H3,(H,37,41). The van der Waals surface area contributed by atoms with Crippen LogP contribution in [0.5, 0.6) is 0 Å². The fraction of sp³-hybridized carbons (Fsp3) is 0.471. The van der Waals surface area contributed by atoms with Gasteiger partial charge in [0.2, 0.25) is 17.4 Å². The molecule has 14 heteroatoms. The molecule has 0 spiro atoms. The lowest BCUT2D eigenvalue weighted by molar-refractivity contribution is -0.191. The molecule has 1 aromatic carbocycles. The molecule has 48 heavy (non-hydrogen) atoms. The van der Waals surface area contributed by atoms with Crippen molar-refractivity contribution in [2.45, 2.75) is 90.2 Å². The van der Waals surface area contributed by atoms with Gasteiger partial charge in [0.25, 0.3) is 5.56 Å². The van der Waals surface area contributed by atoms with E-state index in [4.69, 9.17) is 22.3 Å². The maximum Gasteiger partial charge on any atom is 0.355 e. The number of aryl methyl sites for hydroxylation is 1. The number of likely N-dealkylation sites (tertiary alicyclic amines) is 1. The van der Waals surface area contributed by atoms with Crippen LogP contribution in [-0.4, -0.2) is 70.6 Å². The third-order valence-corrected chi connectivity index (χ3v) is 10.2. The molecule has 0 aliphatic carbocycles. The number of para-hydroxylation sites is 1. The van der Waals surface area contributed by atoms with Crippen LogP contribution in [0.1, 0.15) is 69.2 Å². The molecule has 5 atom stereocenters. The van der Waals surface area contributed by atoms with Gasteiger partial charge >= 0.3 is 11.9 Å². The number of carbonyl (C=O) groups is 4. The summed E-state index contributed by atoms with van der Waals surface area (Å²) in [5, 5.41) is 6.40. The molecule has 6 rings (SSSR count). The first-order chi connectivity index (χ1) is 23.0. The van der Waals surface area contributed by atoms with Crippen LogP contribution < -0.4 is 16.0 Å². The molecule has 0 saturated carbocycles. The lowest BCUT2D eigenvalue weighted by atomic mass is 9.85. The molecule has 2 amide bonds. The van der Waals surface area contributed by atoms with Crippen LogP contribution in [0, 0.1) is 5.92 Å². The van der Waals surface area contributed by atoms with E-state index in [1.807, 2.05) is 24.3 Å². The number of ether oxygens (including phenoxy) is 2. The Hall–Kier alpha value is -4.09. The number of rotatable bonds is 9. The summed E-state index contributed by atoms with van der Waals surface area (Å²) in [6.45, 7) is 7.63. The summed E-state index contributed by atoms with van der Waals surface area (Å²) in [7, 11) is 8.04. The predicted octanol–water partition coefficient (Wildman–Crippen LogP) is 2.20. The van der Waals surface area contributed by atoms with Crippen LogP contribution >= 0.6 is 9.39 Å². The number of esters is 2. The SMILES string of the molecule is [B]C(NP)C(=O)N1CCCC1C(=O)NC(C(=O)OC1(CC)C(=O)OCc2c1cc1n(c2=O)Cc2c-1nc1ccccc1c2CC)C(C)C. The molecule has 2 N–H and O–H groups in total. The number of cyclic esters (lactones) is 1. The summed E-state index contributed by atoms with van der Waals surface area (Å²) >= 11 is 0. The fourth-order valence-corrected chi connectivity index (χ4v) is 7.35. The quantitative estimate of drug-likeness (QED) is 0.155. The second-order valence-corrected chi connectivity index (χ2v) is 13.2. The molecule has 12 nitrogen and oxygen atoms in total. The average molecular weight is 672 g/mol. The van der Waals surface area contributed by atoms with E-state index in [1.165, 1.54) is 4.90 Å². The number of aromatic nitrogens is 2. The smallest absolute Gasteiger partial charge is 0.355 e. The van der Waals surface area contributed by atoms with Crippen LogP contribution in [-0.2, 0) is 53.8 Å². The highest BCUT2D eigenvalue weighted by Gasteiger charge is 2.52. The average Bonchev–Trinajstić information content (AvgIpc) is 3.72. The van der Waals surface area contributed by atoms with Crippen LogP contribution in [0.25, 0.3) is 22.3 Å². The van der Waals surface area contributed by atoms with E-state index < -0.39 is 53.3 Å². The summed E-state index contributed by atoms with van der Waals surface area (Å²) in [6.07, 6.45) is 1.72. The molecule has 1 fully saturated rings. The summed E-state index contributed by atoms with van der Waals surface area (Å²) in [6, 6.07) is 7.57. The lowest BCUT2D eigenvalue weighted by Crippen LogP contribution is -2.56. The zero-order valence-electron chi connectivity index (χ0n) is 27.5. The van der Waals surface area contributed by atoms with Crippen molar-refractivity contribution in [1.82, 2.24) is 24.9 Å². The van der Waals surface area contributed by atoms with Gasteiger partial charge in [-0.05, 0) is 49.3 Å². The van der Waals surface area contributed by atoms with Gasteiger partial charge in [0.15, 0.2) is 0 Å². The number of carbonyl (C=O) groups excluding carboxylic acids is 4. The minimum atomic E-state index is -1.93. The maximum absolute atomic E-state index is 14.1. The number of hydrogen-bond donors (Lipinski definition) is 2. The fourth-order valence-electron chi connectivity index (χ4n) is 7.21. The maximum atomic E-state index is 14.1. The van der Waals surface area contributed by atoms with Gasteiger partial charge in [0.05, 0.1) is 29.0 Å². The largest absolute Gasteiger partial charge is 0.457 e. The van der Waals surface area contributed by atoms with E-state index in [1.54, 1.807) is 31.4 Å². The second kappa shape index (κ2) is 13.1.